The van der Waals surface area contributed by atoms with Crippen LogP contribution in [0.5, 0.6) is 0 Å². The molecule has 0 aromatic rings. The van der Waals surface area contributed by atoms with Gasteiger partial charge in [0.15, 0.2) is 0 Å². The molecule has 1 saturated heterocycles. The largest absolute Gasteiger partial charge is 0.387 e. The van der Waals surface area contributed by atoms with Gasteiger partial charge in [0.05, 0.1) is 12.2 Å². The van der Waals surface area contributed by atoms with Crippen LogP contribution in [0.25, 0.3) is 0 Å². The second-order valence-corrected chi connectivity index (χ2v) is 6.81. The van der Waals surface area contributed by atoms with Crippen LogP contribution in [-0.2, 0) is 4.74 Å². The first-order chi connectivity index (χ1) is 8.18. The monoisotopic (exact) mass is 234 g/mol. The van der Waals surface area contributed by atoms with E-state index >= 15 is 0 Å². The molecule has 94 valence electrons. The minimum absolute atomic E-state index is 0.168. The van der Waals surface area contributed by atoms with Crippen LogP contribution in [-0.4, -0.2) is 22.9 Å². The topological polar surface area (TPSA) is 29.5 Å². The van der Waals surface area contributed by atoms with Gasteiger partial charge in [-0.05, 0) is 55.8 Å². The van der Waals surface area contributed by atoms with Crippen LogP contribution in [0.4, 0.5) is 0 Å². The Balaban J connectivity index is 1.73. The van der Waals surface area contributed by atoms with Gasteiger partial charge in [0.1, 0.15) is 5.60 Å². The molecule has 0 radical (unpaired) electrons. The van der Waals surface area contributed by atoms with Crippen LogP contribution >= 0.6 is 0 Å². The van der Waals surface area contributed by atoms with Crippen molar-refractivity contribution in [3.63, 3.8) is 0 Å². The molecule has 3 saturated carbocycles. The zero-order valence-corrected chi connectivity index (χ0v) is 10.4. The lowest BCUT2D eigenvalue weighted by molar-refractivity contribution is -0.142. The average Bonchev–Trinajstić information content (AvgIpc) is 2.90. The number of fused-ring (bicyclic) bond motifs is 1. The summed E-state index contributed by atoms with van der Waals surface area (Å²) in [5.41, 5.74) is -0.683. The van der Waals surface area contributed by atoms with Gasteiger partial charge in [-0.25, -0.2) is 0 Å². The first-order valence-electron chi connectivity index (χ1n) is 7.16. The van der Waals surface area contributed by atoms with Gasteiger partial charge in [0.25, 0.3) is 0 Å². The van der Waals surface area contributed by atoms with E-state index in [1.165, 1.54) is 12.8 Å². The summed E-state index contributed by atoms with van der Waals surface area (Å²) in [6.07, 6.45) is 8.70. The fourth-order valence-electron chi connectivity index (χ4n) is 5.24. The van der Waals surface area contributed by atoms with Crippen molar-refractivity contribution in [2.45, 2.75) is 49.7 Å². The van der Waals surface area contributed by atoms with Crippen LogP contribution in [0, 0.1) is 23.7 Å². The fourth-order valence-corrected chi connectivity index (χ4v) is 5.24. The maximum atomic E-state index is 11.0. The lowest BCUT2D eigenvalue weighted by Gasteiger charge is -2.43. The quantitative estimate of drug-likeness (QED) is 0.744. The summed E-state index contributed by atoms with van der Waals surface area (Å²) in [4.78, 5) is 0. The highest BCUT2D eigenvalue weighted by molar-refractivity contribution is 5.21. The minimum atomic E-state index is -0.515. The number of hydrogen-bond acceptors (Lipinski definition) is 2. The van der Waals surface area contributed by atoms with Crippen molar-refractivity contribution >= 4 is 0 Å². The third-order valence-electron chi connectivity index (χ3n) is 6.09. The smallest absolute Gasteiger partial charge is 0.100 e. The van der Waals surface area contributed by atoms with Crippen molar-refractivity contribution in [1.29, 1.82) is 0 Å². The SMILES string of the molecule is C=CC[C@@H]1C[C@]2(O)CCO[C@@]23C[C@H]2C[C@H]2C[C@H]13. The number of allylic oxidation sites excluding steroid dienone is 1. The van der Waals surface area contributed by atoms with E-state index in [2.05, 4.69) is 6.58 Å². The molecule has 3 aliphatic carbocycles. The summed E-state index contributed by atoms with van der Waals surface area (Å²) in [5, 5.41) is 11.0. The maximum Gasteiger partial charge on any atom is 0.100 e. The molecule has 4 rings (SSSR count). The van der Waals surface area contributed by atoms with Gasteiger partial charge in [0, 0.05) is 6.42 Å². The standard InChI is InChI=1S/C15H22O2/c1-2-3-10-8-14(16)4-5-17-15(14)9-12-6-11(12)7-13(10)15/h2,10-13,16H,1,3-9H2/t10-,11+,12-,13-,14-,15-/m1/s1. The van der Waals surface area contributed by atoms with Gasteiger partial charge in [-0.15, -0.1) is 6.58 Å². The highest BCUT2D eigenvalue weighted by Gasteiger charge is 2.71. The summed E-state index contributed by atoms with van der Waals surface area (Å²) in [6, 6.07) is 0. The molecule has 6 atom stereocenters. The predicted molar refractivity (Wildman–Crippen MR) is 65.5 cm³/mol. The molecule has 2 nitrogen and oxygen atoms in total. The lowest BCUT2D eigenvalue weighted by atomic mass is 9.70. The van der Waals surface area contributed by atoms with E-state index in [1.807, 2.05) is 6.08 Å². The second kappa shape index (κ2) is 3.16. The zero-order chi connectivity index (χ0) is 11.7. The molecule has 0 aromatic heterocycles. The van der Waals surface area contributed by atoms with Gasteiger partial charge in [0.2, 0.25) is 0 Å². The molecule has 0 aromatic carbocycles. The Bertz CT molecular complexity index is 366. The van der Waals surface area contributed by atoms with Gasteiger partial charge in [-0.3, -0.25) is 0 Å². The van der Waals surface area contributed by atoms with Gasteiger partial charge in [-0.1, -0.05) is 6.08 Å². The zero-order valence-electron chi connectivity index (χ0n) is 10.4. The highest BCUT2D eigenvalue weighted by atomic mass is 16.5. The van der Waals surface area contributed by atoms with Gasteiger partial charge >= 0.3 is 0 Å². The van der Waals surface area contributed by atoms with Crippen LogP contribution in [0.15, 0.2) is 12.7 Å². The molecule has 0 amide bonds. The summed E-state index contributed by atoms with van der Waals surface area (Å²) in [7, 11) is 0. The number of rotatable bonds is 2. The molecule has 1 spiro atoms. The Morgan fingerprint density at radius 1 is 1.29 bits per heavy atom. The van der Waals surface area contributed by atoms with Crippen LogP contribution in [0.1, 0.15) is 38.5 Å². The molecule has 17 heavy (non-hydrogen) atoms. The van der Waals surface area contributed by atoms with Crippen molar-refractivity contribution in [2.75, 3.05) is 6.61 Å². The van der Waals surface area contributed by atoms with E-state index in [4.69, 9.17) is 4.74 Å². The summed E-state index contributed by atoms with van der Waals surface area (Å²) >= 11 is 0. The molecule has 1 aliphatic heterocycles. The van der Waals surface area contributed by atoms with Crippen LogP contribution in [0.3, 0.4) is 0 Å². The predicted octanol–water partition coefficient (Wildman–Crippen LogP) is 2.52. The molecular weight excluding hydrogens is 212 g/mol. The first kappa shape index (κ1) is 10.6. The minimum Gasteiger partial charge on any atom is -0.387 e. The maximum absolute atomic E-state index is 11.0. The molecule has 4 fully saturated rings. The van der Waals surface area contributed by atoms with Crippen molar-refractivity contribution in [1.82, 2.24) is 0 Å². The van der Waals surface area contributed by atoms with E-state index in [0.29, 0.717) is 11.8 Å². The number of ether oxygens (including phenoxy) is 1. The van der Waals surface area contributed by atoms with Crippen molar-refractivity contribution in [2.24, 2.45) is 23.7 Å². The molecule has 4 aliphatic rings. The summed E-state index contributed by atoms with van der Waals surface area (Å²) in [6.45, 7) is 4.65. The van der Waals surface area contributed by atoms with Gasteiger partial charge in [-0.2, -0.15) is 0 Å². The molecule has 0 unspecified atom stereocenters. The average molecular weight is 234 g/mol. The Hall–Kier alpha value is -0.340. The number of hydrogen-bond donors (Lipinski definition) is 1. The normalized spacial score (nSPS) is 59.4. The molecule has 0 bridgehead atoms. The summed E-state index contributed by atoms with van der Waals surface area (Å²) < 4.78 is 6.16. The van der Waals surface area contributed by atoms with E-state index in [1.54, 1.807) is 0 Å². The highest BCUT2D eigenvalue weighted by Crippen LogP contribution is 2.67. The molecule has 1 N–H and O–H groups in total. The third-order valence-corrected chi connectivity index (χ3v) is 6.09. The van der Waals surface area contributed by atoms with Crippen molar-refractivity contribution in [3.8, 4) is 0 Å². The van der Waals surface area contributed by atoms with Crippen LogP contribution in [0.2, 0.25) is 0 Å². The van der Waals surface area contributed by atoms with E-state index < -0.39 is 5.60 Å². The van der Waals surface area contributed by atoms with Crippen molar-refractivity contribution < 1.29 is 9.84 Å². The van der Waals surface area contributed by atoms with Crippen molar-refractivity contribution in [3.05, 3.63) is 12.7 Å². The van der Waals surface area contributed by atoms with E-state index in [0.717, 1.165) is 44.1 Å². The fraction of sp³-hybridized carbons (Fsp3) is 0.867. The third kappa shape index (κ3) is 1.18. The number of aliphatic hydroxyl groups is 1. The molecule has 2 heteroatoms. The van der Waals surface area contributed by atoms with E-state index in [9.17, 15) is 5.11 Å². The second-order valence-electron chi connectivity index (χ2n) is 6.81. The Morgan fingerprint density at radius 2 is 2.18 bits per heavy atom. The molecule has 1 heterocycles. The lowest BCUT2D eigenvalue weighted by Crippen LogP contribution is -2.52. The molecular formula is C15H22O2. The Morgan fingerprint density at radius 3 is 3.00 bits per heavy atom. The first-order valence-corrected chi connectivity index (χ1v) is 7.16. The van der Waals surface area contributed by atoms with Crippen LogP contribution < -0.4 is 0 Å². The van der Waals surface area contributed by atoms with Gasteiger partial charge < -0.3 is 9.84 Å². The summed E-state index contributed by atoms with van der Waals surface area (Å²) in [5.74, 6) is 3.01. The Kier molecular flexibility index (Phi) is 1.96. The van der Waals surface area contributed by atoms with E-state index in [-0.39, 0.29) is 5.60 Å². The Labute approximate surface area is 103 Å².